The van der Waals surface area contributed by atoms with Crippen LogP contribution in [0.15, 0.2) is 17.0 Å². The lowest BCUT2D eigenvalue weighted by atomic mass is 10.1. The Labute approximate surface area is 119 Å². The van der Waals surface area contributed by atoms with Crippen molar-refractivity contribution in [2.75, 3.05) is 12.0 Å². The molecule has 1 aromatic rings. The van der Waals surface area contributed by atoms with Gasteiger partial charge >= 0.3 is 0 Å². The highest BCUT2D eigenvalue weighted by atomic mass is 32.2. The number of hydrogen-bond donors (Lipinski definition) is 1. The molecule has 19 heavy (non-hydrogen) atoms. The molecule has 1 N–H and O–H groups in total. The molecular weight excluding hydrogens is 285 g/mol. The van der Waals surface area contributed by atoms with Crippen molar-refractivity contribution in [3.05, 3.63) is 29.1 Å². The number of rotatable bonds is 6. The third kappa shape index (κ3) is 4.47. The van der Waals surface area contributed by atoms with E-state index in [1.54, 1.807) is 25.6 Å². The van der Waals surface area contributed by atoms with Crippen molar-refractivity contribution in [2.24, 2.45) is 0 Å². The summed E-state index contributed by atoms with van der Waals surface area (Å²) >= 11 is 1.68. The fraction of sp³-hybridized carbons (Fsp3) is 0.538. The second-order valence-electron chi connectivity index (χ2n) is 4.67. The molecule has 0 aliphatic rings. The summed E-state index contributed by atoms with van der Waals surface area (Å²) < 4.78 is 40.5. The van der Waals surface area contributed by atoms with Crippen LogP contribution in [0.5, 0.6) is 0 Å². The van der Waals surface area contributed by atoms with Crippen LogP contribution >= 0.6 is 11.8 Å². The molecule has 1 aromatic carbocycles. The minimum atomic E-state index is -3.59. The van der Waals surface area contributed by atoms with Gasteiger partial charge < -0.3 is 0 Å². The number of hydrogen-bond acceptors (Lipinski definition) is 3. The lowest BCUT2D eigenvalue weighted by molar-refractivity contribution is 0.555. The maximum absolute atomic E-state index is 13.2. The maximum atomic E-state index is 13.2. The number of nitrogens with one attached hydrogen (secondary N) is 1. The highest BCUT2D eigenvalue weighted by Crippen LogP contribution is 2.21. The van der Waals surface area contributed by atoms with Gasteiger partial charge in [0.15, 0.2) is 0 Å². The molecule has 1 rings (SSSR count). The first-order valence-corrected chi connectivity index (χ1v) is 8.93. The van der Waals surface area contributed by atoms with E-state index in [2.05, 4.69) is 4.72 Å². The maximum Gasteiger partial charge on any atom is 0.241 e. The molecule has 1 unspecified atom stereocenters. The molecule has 6 heteroatoms. The highest BCUT2D eigenvalue weighted by molar-refractivity contribution is 7.98. The van der Waals surface area contributed by atoms with Gasteiger partial charge in [0.1, 0.15) is 5.82 Å². The van der Waals surface area contributed by atoms with E-state index in [0.29, 0.717) is 11.1 Å². The van der Waals surface area contributed by atoms with E-state index in [4.69, 9.17) is 0 Å². The summed E-state index contributed by atoms with van der Waals surface area (Å²) in [6, 6.07) is 2.35. The van der Waals surface area contributed by atoms with Crippen LogP contribution in [0, 0.1) is 19.7 Å². The molecule has 0 bridgehead atoms. The zero-order chi connectivity index (χ0) is 14.6. The van der Waals surface area contributed by atoms with Crippen molar-refractivity contribution >= 4 is 21.8 Å². The molecule has 0 saturated heterocycles. The summed E-state index contributed by atoms with van der Waals surface area (Å²) in [7, 11) is -3.59. The van der Waals surface area contributed by atoms with Crippen LogP contribution in [-0.2, 0) is 10.0 Å². The molecule has 1 atom stereocenters. The summed E-state index contributed by atoms with van der Waals surface area (Å²) in [6.07, 6.45) is 2.75. The lowest BCUT2D eigenvalue weighted by Gasteiger charge is -2.16. The molecule has 0 radical (unpaired) electrons. The number of halogens is 1. The van der Waals surface area contributed by atoms with E-state index in [1.807, 2.05) is 13.2 Å². The monoisotopic (exact) mass is 305 g/mol. The Kier molecular flexibility index (Phi) is 5.82. The van der Waals surface area contributed by atoms with Gasteiger partial charge in [-0.2, -0.15) is 11.8 Å². The average molecular weight is 305 g/mol. The Balaban J connectivity index is 3.01. The van der Waals surface area contributed by atoms with Crippen molar-refractivity contribution in [1.29, 1.82) is 0 Å². The quantitative estimate of drug-likeness (QED) is 0.879. The van der Waals surface area contributed by atoms with Gasteiger partial charge in [0.05, 0.1) is 4.90 Å². The van der Waals surface area contributed by atoms with Crippen LogP contribution in [0.2, 0.25) is 0 Å². The van der Waals surface area contributed by atoms with Gasteiger partial charge in [0, 0.05) is 6.04 Å². The Morgan fingerprint density at radius 1 is 1.32 bits per heavy atom. The van der Waals surface area contributed by atoms with Gasteiger partial charge in [0.25, 0.3) is 0 Å². The van der Waals surface area contributed by atoms with E-state index in [0.717, 1.165) is 12.2 Å². The Bertz CT molecular complexity index is 521. The number of thioether (sulfide) groups is 1. The first-order valence-electron chi connectivity index (χ1n) is 6.06. The van der Waals surface area contributed by atoms with Crippen molar-refractivity contribution in [3.63, 3.8) is 0 Å². The Hall–Kier alpha value is -0.590. The van der Waals surface area contributed by atoms with Gasteiger partial charge in [-0.1, -0.05) is 0 Å². The van der Waals surface area contributed by atoms with Gasteiger partial charge in [0.2, 0.25) is 10.0 Å². The average Bonchev–Trinajstić information content (AvgIpc) is 2.23. The molecule has 0 spiro atoms. The molecule has 3 nitrogen and oxygen atoms in total. The highest BCUT2D eigenvalue weighted by Gasteiger charge is 2.22. The van der Waals surface area contributed by atoms with E-state index < -0.39 is 15.8 Å². The molecule has 0 fully saturated rings. The molecule has 0 aromatic heterocycles. The van der Waals surface area contributed by atoms with Gasteiger partial charge in [-0.15, -0.1) is 0 Å². The fourth-order valence-corrected chi connectivity index (χ4v) is 4.32. The molecule has 0 aliphatic heterocycles. The number of benzene rings is 1. The molecule has 0 heterocycles. The van der Waals surface area contributed by atoms with E-state index >= 15 is 0 Å². The van der Waals surface area contributed by atoms with Crippen molar-refractivity contribution in [2.45, 2.75) is 38.1 Å². The van der Waals surface area contributed by atoms with Crippen molar-refractivity contribution in [3.8, 4) is 0 Å². The molecule has 0 saturated carbocycles. The van der Waals surface area contributed by atoms with Crippen LogP contribution in [0.3, 0.4) is 0 Å². The van der Waals surface area contributed by atoms with E-state index in [9.17, 15) is 12.8 Å². The largest absolute Gasteiger partial charge is 0.241 e. The van der Waals surface area contributed by atoms with Gasteiger partial charge in [-0.25, -0.2) is 17.5 Å². The minimum absolute atomic E-state index is 0.138. The third-order valence-corrected chi connectivity index (χ3v) is 5.34. The van der Waals surface area contributed by atoms with Crippen LogP contribution in [0.4, 0.5) is 4.39 Å². The van der Waals surface area contributed by atoms with E-state index in [-0.39, 0.29) is 10.9 Å². The topological polar surface area (TPSA) is 46.2 Å². The van der Waals surface area contributed by atoms with E-state index in [1.165, 1.54) is 12.1 Å². The summed E-state index contributed by atoms with van der Waals surface area (Å²) in [4.78, 5) is 0.185. The number of aryl methyl sites for hydroxylation is 2. The standard InChI is InChI=1S/C13H20FNO2S2/c1-9-7-12(14)8-10(2)13(9)19(16,17)15-11(3)5-6-18-4/h7-8,11,15H,5-6H2,1-4H3. The summed E-state index contributed by atoms with van der Waals surface area (Å²) in [6.45, 7) is 5.05. The van der Waals surface area contributed by atoms with Crippen LogP contribution in [0.25, 0.3) is 0 Å². The SMILES string of the molecule is CSCCC(C)NS(=O)(=O)c1c(C)cc(F)cc1C. The van der Waals surface area contributed by atoms with Crippen molar-refractivity contribution < 1.29 is 12.8 Å². The second-order valence-corrected chi connectivity index (χ2v) is 7.31. The molecule has 0 amide bonds. The smallest absolute Gasteiger partial charge is 0.208 e. The normalized spacial score (nSPS) is 13.5. The first-order chi connectivity index (χ1) is 8.77. The van der Waals surface area contributed by atoms with Crippen LogP contribution < -0.4 is 4.72 Å². The molecule has 0 aliphatic carbocycles. The molecule has 108 valence electrons. The summed E-state index contributed by atoms with van der Waals surface area (Å²) in [5.41, 5.74) is 0.865. The Morgan fingerprint density at radius 2 is 1.84 bits per heavy atom. The van der Waals surface area contributed by atoms with Crippen molar-refractivity contribution in [1.82, 2.24) is 4.72 Å². The predicted molar refractivity (Wildman–Crippen MR) is 78.7 cm³/mol. The fourth-order valence-electron chi connectivity index (χ4n) is 2.00. The summed E-state index contributed by atoms with van der Waals surface area (Å²) in [5.74, 6) is 0.481. The van der Waals surface area contributed by atoms with Crippen LogP contribution in [0.1, 0.15) is 24.5 Å². The van der Waals surface area contributed by atoms with Gasteiger partial charge in [-0.05, 0) is 62.5 Å². The zero-order valence-electron chi connectivity index (χ0n) is 11.7. The van der Waals surface area contributed by atoms with Crippen LogP contribution in [-0.4, -0.2) is 26.5 Å². The first kappa shape index (κ1) is 16.5. The predicted octanol–water partition coefficient (Wildman–Crippen LogP) is 2.86. The third-order valence-electron chi connectivity index (χ3n) is 2.81. The Morgan fingerprint density at radius 3 is 2.32 bits per heavy atom. The summed E-state index contributed by atoms with van der Waals surface area (Å²) in [5, 5.41) is 0. The van der Waals surface area contributed by atoms with Gasteiger partial charge in [-0.3, -0.25) is 0 Å². The lowest BCUT2D eigenvalue weighted by Crippen LogP contribution is -2.33. The second kappa shape index (κ2) is 6.72. The molecular formula is C13H20FNO2S2. The zero-order valence-corrected chi connectivity index (χ0v) is 13.3. The minimum Gasteiger partial charge on any atom is -0.208 e. The number of sulfonamides is 1.